The van der Waals surface area contributed by atoms with Crippen LogP contribution < -0.4 is 0 Å². The molecule has 88 valence electrons. The maximum Gasteiger partial charge on any atom is 0.373 e. The number of carboxylic acid groups (broad SMARTS) is 1. The maximum absolute atomic E-state index is 10.9. The number of carbonyl (C=O) groups is 1. The second-order valence-electron chi connectivity index (χ2n) is 3.46. The molecule has 0 amide bonds. The first-order valence-electron chi connectivity index (χ1n) is 5.10. The van der Waals surface area contributed by atoms with Gasteiger partial charge in [0, 0.05) is 9.13 Å². The fourth-order valence-corrected chi connectivity index (χ4v) is 1.83. The molecule has 1 aromatic heterocycles. The second-order valence-corrected chi connectivity index (χ2v) is 4.71. The Balaban J connectivity index is 2.46. The van der Waals surface area contributed by atoms with Gasteiger partial charge in [0.2, 0.25) is 11.7 Å². The molecule has 4 nitrogen and oxygen atoms in total. The molecular formula is C12H10INO3. The first-order valence-corrected chi connectivity index (χ1v) is 6.18. The molecule has 0 bridgehead atoms. The van der Waals surface area contributed by atoms with Crippen LogP contribution in [0.25, 0.3) is 11.5 Å². The number of carboxylic acids is 1. The molecule has 17 heavy (non-hydrogen) atoms. The number of hydrogen-bond donors (Lipinski definition) is 1. The zero-order valence-electron chi connectivity index (χ0n) is 9.11. The number of benzene rings is 1. The van der Waals surface area contributed by atoms with Crippen LogP contribution in [0, 0.1) is 3.57 Å². The number of nitrogens with zero attached hydrogens (tertiary/aromatic N) is 1. The summed E-state index contributed by atoms with van der Waals surface area (Å²) in [5.41, 5.74) is 1.26. The van der Waals surface area contributed by atoms with E-state index < -0.39 is 5.97 Å². The third kappa shape index (κ3) is 2.49. The molecule has 0 aliphatic heterocycles. The predicted octanol–water partition coefficient (Wildman–Crippen LogP) is 3.21. The lowest BCUT2D eigenvalue weighted by Crippen LogP contribution is -1.98. The van der Waals surface area contributed by atoms with E-state index in [0.29, 0.717) is 18.0 Å². The summed E-state index contributed by atoms with van der Waals surface area (Å²) in [5, 5.41) is 8.97. The number of aromatic nitrogens is 1. The summed E-state index contributed by atoms with van der Waals surface area (Å²) >= 11 is 2.20. The fourth-order valence-electron chi connectivity index (χ4n) is 1.47. The number of halogens is 1. The zero-order valence-corrected chi connectivity index (χ0v) is 11.3. The summed E-state index contributed by atoms with van der Waals surface area (Å²) in [4.78, 5) is 15.1. The van der Waals surface area contributed by atoms with Gasteiger partial charge in [0.05, 0.1) is 5.69 Å². The van der Waals surface area contributed by atoms with Gasteiger partial charge >= 0.3 is 5.97 Å². The monoisotopic (exact) mass is 343 g/mol. The summed E-state index contributed by atoms with van der Waals surface area (Å²) < 4.78 is 6.38. The predicted molar refractivity (Wildman–Crippen MR) is 71.0 cm³/mol. The topological polar surface area (TPSA) is 63.3 Å². The molecule has 0 fully saturated rings. The van der Waals surface area contributed by atoms with Gasteiger partial charge in [0.25, 0.3) is 0 Å². The maximum atomic E-state index is 10.9. The number of oxazole rings is 1. The molecule has 1 N–H and O–H groups in total. The van der Waals surface area contributed by atoms with Gasteiger partial charge in [-0.05, 0) is 53.3 Å². The minimum Gasteiger partial charge on any atom is -0.475 e. The Morgan fingerprint density at radius 2 is 2.06 bits per heavy atom. The van der Waals surface area contributed by atoms with Crippen LogP contribution in [0.4, 0.5) is 0 Å². The molecule has 0 saturated carbocycles. The van der Waals surface area contributed by atoms with Crippen LogP contribution in [-0.4, -0.2) is 16.1 Å². The number of aryl methyl sites for hydroxylation is 1. The highest BCUT2D eigenvalue weighted by atomic mass is 127. The van der Waals surface area contributed by atoms with E-state index in [1.54, 1.807) is 0 Å². The van der Waals surface area contributed by atoms with Gasteiger partial charge in [-0.15, -0.1) is 0 Å². The van der Waals surface area contributed by atoms with Crippen LogP contribution in [0.15, 0.2) is 28.7 Å². The van der Waals surface area contributed by atoms with Crippen LogP contribution in [0.2, 0.25) is 0 Å². The lowest BCUT2D eigenvalue weighted by atomic mass is 10.2. The van der Waals surface area contributed by atoms with Crippen molar-refractivity contribution in [3.8, 4) is 11.5 Å². The number of hydrogen-bond acceptors (Lipinski definition) is 3. The first-order chi connectivity index (χ1) is 8.11. The normalized spacial score (nSPS) is 10.5. The highest BCUT2D eigenvalue weighted by Crippen LogP contribution is 2.23. The third-order valence-electron chi connectivity index (χ3n) is 2.32. The summed E-state index contributed by atoms with van der Waals surface area (Å²) in [6.45, 7) is 1.85. The third-order valence-corrected chi connectivity index (χ3v) is 3.04. The quantitative estimate of drug-likeness (QED) is 0.870. The van der Waals surface area contributed by atoms with E-state index in [-0.39, 0.29) is 5.76 Å². The van der Waals surface area contributed by atoms with Gasteiger partial charge in [-0.25, -0.2) is 9.78 Å². The number of rotatable bonds is 3. The molecular weight excluding hydrogens is 333 g/mol. The summed E-state index contributed by atoms with van der Waals surface area (Å²) in [7, 11) is 0. The van der Waals surface area contributed by atoms with E-state index in [0.717, 1.165) is 9.13 Å². The second kappa shape index (κ2) is 4.87. The van der Waals surface area contributed by atoms with E-state index in [9.17, 15) is 4.79 Å². The average Bonchev–Trinajstić information content (AvgIpc) is 2.74. The molecule has 0 unspecified atom stereocenters. The molecule has 5 heteroatoms. The Hall–Kier alpha value is -1.37. The molecule has 2 rings (SSSR count). The van der Waals surface area contributed by atoms with Crippen molar-refractivity contribution in [3.63, 3.8) is 0 Å². The van der Waals surface area contributed by atoms with Gasteiger partial charge in [0.15, 0.2) is 0 Å². The molecule has 0 aliphatic rings. The molecule has 0 atom stereocenters. The molecule has 0 aliphatic carbocycles. The van der Waals surface area contributed by atoms with Gasteiger partial charge in [0.1, 0.15) is 0 Å². The van der Waals surface area contributed by atoms with Crippen LogP contribution in [0.5, 0.6) is 0 Å². The van der Waals surface area contributed by atoms with E-state index in [2.05, 4.69) is 27.6 Å². The van der Waals surface area contributed by atoms with Crippen molar-refractivity contribution in [2.45, 2.75) is 13.3 Å². The smallest absolute Gasteiger partial charge is 0.373 e. The van der Waals surface area contributed by atoms with Crippen LogP contribution in [-0.2, 0) is 6.42 Å². The van der Waals surface area contributed by atoms with Gasteiger partial charge < -0.3 is 9.52 Å². The Morgan fingerprint density at radius 3 is 2.53 bits per heavy atom. The minimum absolute atomic E-state index is 0.0685. The SMILES string of the molecule is CCc1nc(-c2ccc(I)cc2)oc1C(=O)O. The van der Waals surface area contributed by atoms with E-state index >= 15 is 0 Å². The van der Waals surface area contributed by atoms with Crippen molar-refractivity contribution in [2.24, 2.45) is 0 Å². The molecule has 2 aromatic rings. The minimum atomic E-state index is -1.08. The standard InChI is InChI=1S/C12H10INO3/c1-2-9-10(12(15)16)17-11(14-9)7-3-5-8(13)6-4-7/h3-6H,2H2,1H3,(H,15,16). The highest BCUT2D eigenvalue weighted by molar-refractivity contribution is 14.1. The first kappa shape index (κ1) is 12.1. The van der Waals surface area contributed by atoms with E-state index in [1.165, 1.54) is 0 Å². The highest BCUT2D eigenvalue weighted by Gasteiger charge is 2.18. The molecule has 0 radical (unpaired) electrons. The summed E-state index contributed by atoms with van der Waals surface area (Å²) in [6, 6.07) is 7.57. The van der Waals surface area contributed by atoms with Crippen molar-refractivity contribution in [3.05, 3.63) is 39.3 Å². The average molecular weight is 343 g/mol. The molecule has 0 spiro atoms. The molecule has 1 aromatic carbocycles. The van der Waals surface area contributed by atoms with Gasteiger partial charge in [-0.3, -0.25) is 0 Å². The van der Waals surface area contributed by atoms with Crippen LogP contribution in [0.1, 0.15) is 23.2 Å². The van der Waals surface area contributed by atoms with E-state index in [4.69, 9.17) is 9.52 Å². The number of aromatic carboxylic acids is 1. The Bertz CT molecular complexity index is 545. The van der Waals surface area contributed by atoms with E-state index in [1.807, 2.05) is 31.2 Å². The van der Waals surface area contributed by atoms with Crippen LogP contribution in [0.3, 0.4) is 0 Å². The summed E-state index contributed by atoms with van der Waals surface area (Å²) in [5.74, 6) is -0.789. The van der Waals surface area contributed by atoms with Gasteiger partial charge in [-0.1, -0.05) is 6.92 Å². The lowest BCUT2D eigenvalue weighted by Gasteiger charge is -1.94. The van der Waals surface area contributed by atoms with Crippen molar-refractivity contribution >= 4 is 28.6 Å². The Kier molecular flexibility index (Phi) is 3.46. The van der Waals surface area contributed by atoms with Gasteiger partial charge in [-0.2, -0.15) is 0 Å². The lowest BCUT2D eigenvalue weighted by molar-refractivity contribution is 0.0662. The Morgan fingerprint density at radius 1 is 1.41 bits per heavy atom. The molecule has 1 heterocycles. The summed E-state index contributed by atoms with van der Waals surface area (Å²) in [6.07, 6.45) is 0.537. The zero-order chi connectivity index (χ0) is 12.4. The Labute approximate surface area is 112 Å². The van der Waals surface area contributed by atoms with Crippen molar-refractivity contribution in [1.82, 2.24) is 4.98 Å². The van der Waals surface area contributed by atoms with Crippen molar-refractivity contribution in [1.29, 1.82) is 0 Å². The molecule has 0 saturated heterocycles. The van der Waals surface area contributed by atoms with Crippen LogP contribution >= 0.6 is 22.6 Å². The van der Waals surface area contributed by atoms with Crippen molar-refractivity contribution in [2.75, 3.05) is 0 Å². The largest absolute Gasteiger partial charge is 0.475 e. The fraction of sp³-hybridized carbons (Fsp3) is 0.167. The van der Waals surface area contributed by atoms with Crippen molar-refractivity contribution < 1.29 is 14.3 Å².